The van der Waals surface area contributed by atoms with Gasteiger partial charge in [0.15, 0.2) is 0 Å². The fourth-order valence-corrected chi connectivity index (χ4v) is 1.54. The summed E-state index contributed by atoms with van der Waals surface area (Å²) >= 11 is 0. The fourth-order valence-electron chi connectivity index (χ4n) is 1.54. The van der Waals surface area contributed by atoms with Crippen molar-refractivity contribution in [3.05, 3.63) is 29.6 Å². The van der Waals surface area contributed by atoms with Gasteiger partial charge in [-0.2, -0.15) is 13.2 Å². The lowest BCUT2D eigenvalue weighted by atomic mass is 10.0. The Balaban J connectivity index is 2.69. The zero-order chi connectivity index (χ0) is 12.2. The van der Waals surface area contributed by atoms with E-state index in [1.807, 2.05) is 13.0 Å². The van der Waals surface area contributed by atoms with Crippen LogP contribution in [0.2, 0.25) is 0 Å². The van der Waals surface area contributed by atoms with Gasteiger partial charge in [0, 0.05) is 18.7 Å². The summed E-state index contributed by atoms with van der Waals surface area (Å²) in [5.41, 5.74) is 7.21. The molecule has 0 aliphatic carbocycles. The van der Waals surface area contributed by atoms with Gasteiger partial charge in [-0.25, -0.2) is 0 Å². The summed E-state index contributed by atoms with van der Waals surface area (Å²) in [7, 11) is 0. The molecule has 1 atom stereocenters. The molecule has 1 unspecified atom stereocenters. The molecule has 0 radical (unpaired) electrons. The maximum atomic E-state index is 12.0. The zero-order valence-electron chi connectivity index (χ0n) is 9.09. The van der Waals surface area contributed by atoms with Gasteiger partial charge in [0.25, 0.3) is 0 Å². The highest BCUT2D eigenvalue weighted by Gasteiger charge is 2.28. The van der Waals surface area contributed by atoms with Crippen molar-refractivity contribution >= 4 is 0 Å². The quantitative estimate of drug-likeness (QED) is 0.866. The van der Waals surface area contributed by atoms with Crippen LogP contribution >= 0.6 is 0 Å². The van der Waals surface area contributed by atoms with E-state index in [9.17, 15) is 13.2 Å². The molecule has 1 aromatic heterocycles. The molecular formula is C11H15F3N2. The molecule has 1 rings (SSSR count). The molecule has 0 aliphatic rings. The van der Waals surface area contributed by atoms with E-state index in [2.05, 4.69) is 4.98 Å². The first-order valence-electron chi connectivity index (χ1n) is 5.20. The summed E-state index contributed by atoms with van der Waals surface area (Å²) in [6, 6.07) is 2.96. The van der Waals surface area contributed by atoms with E-state index >= 15 is 0 Å². The Kier molecular flexibility index (Phi) is 4.29. The van der Waals surface area contributed by atoms with Crippen LogP contribution in [0.15, 0.2) is 18.3 Å². The van der Waals surface area contributed by atoms with E-state index in [-0.39, 0.29) is 6.42 Å². The van der Waals surface area contributed by atoms with Crippen LogP contribution in [0.4, 0.5) is 13.2 Å². The lowest BCUT2D eigenvalue weighted by molar-refractivity contribution is -0.136. The van der Waals surface area contributed by atoms with E-state index in [1.54, 1.807) is 12.3 Å². The molecule has 0 aromatic carbocycles. The highest BCUT2D eigenvalue weighted by molar-refractivity contribution is 5.22. The summed E-state index contributed by atoms with van der Waals surface area (Å²) in [5, 5.41) is 0. The Morgan fingerprint density at radius 3 is 2.69 bits per heavy atom. The average molecular weight is 232 g/mol. The van der Waals surface area contributed by atoms with Gasteiger partial charge in [-0.3, -0.25) is 4.98 Å². The van der Waals surface area contributed by atoms with Gasteiger partial charge in [-0.1, -0.05) is 13.0 Å². The van der Waals surface area contributed by atoms with Crippen LogP contribution in [0.5, 0.6) is 0 Å². The first kappa shape index (κ1) is 13.0. The molecule has 1 aromatic rings. The molecule has 16 heavy (non-hydrogen) atoms. The number of alkyl halides is 3. The lowest BCUT2D eigenvalue weighted by Crippen LogP contribution is -2.18. The van der Waals surface area contributed by atoms with Gasteiger partial charge >= 0.3 is 6.18 Å². The summed E-state index contributed by atoms with van der Waals surface area (Å²) in [5.74, 6) is 0. The van der Waals surface area contributed by atoms with E-state index in [0.29, 0.717) is 5.69 Å². The number of rotatable bonds is 4. The molecule has 0 fully saturated rings. The van der Waals surface area contributed by atoms with Crippen molar-refractivity contribution in [3.63, 3.8) is 0 Å². The molecule has 90 valence electrons. The number of pyridine rings is 1. The molecule has 5 heteroatoms. The maximum absolute atomic E-state index is 12.0. The van der Waals surface area contributed by atoms with Crippen molar-refractivity contribution < 1.29 is 13.2 Å². The predicted octanol–water partition coefficient (Wildman–Crippen LogP) is 2.99. The molecule has 2 N–H and O–H groups in total. The number of hydrogen-bond donors (Lipinski definition) is 1. The monoisotopic (exact) mass is 232 g/mol. The van der Waals surface area contributed by atoms with Crippen molar-refractivity contribution in [3.8, 4) is 0 Å². The van der Waals surface area contributed by atoms with Gasteiger partial charge in [-0.05, 0) is 24.5 Å². The first-order valence-corrected chi connectivity index (χ1v) is 5.20. The molecule has 0 amide bonds. The summed E-state index contributed by atoms with van der Waals surface area (Å²) < 4.78 is 36.1. The fraction of sp³-hybridized carbons (Fsp3) is 0.545. The lowest BCUT2D eigenvalue weighted by Gasteiger charge is -2.15. The Bertz CT molecular complexity index is 336. The van der Waals surface area contributed by atoms with Crippen LogP contribution in [0.3, 0.4) is 0 Å². The third-order valence-electron chi connectivity index (χ3n) is 2.40. The minimum absolute atomic E-state index is 0.118. The van der Waals surface area contributed by atoms with Gasteiger partial charge < -0.3 is 5.73 Å². The Hall–Kier alpha value is -1.10. The Morgan fingerprint density at radius 1 is 1.44 bits per heavy atom. The van der Waals surface area contributed by atoms with Gasteiger partial charge in [0.1, 0.15) is 0 Å². The van der Waals surface area contributed by atoms with Crippen LogP contribution in [0.1, 0.15) is 37.1 Å². The van der Waals surface area contributed by atoms with Crippen molar-refractivity contribution in [2.75, 3.05) is 0 Å². The molecule has 2 nitrogen and oxygen atoms in total. The van der Waals surface area contributed by atoms with E-state index in [0.717, 1.165) is 12.0 Å². The van der Waals surface area contributed by atoms with Crippen LogP contribution in [-0.2, 0) is 6.42 Å². The van der Waals surface area contributed by atoms with Gasteiger partial charge in [-0.15, -0.1) is 0 Å². The number of nitrogens with two attached hydrogens (primary N) is 1. The summed E-state index contributed by atoms with van der Waals surface area (Å²) in [6.07, 6.45) is -2.86. The van der Waals surface area contributed by atoms with Crippen molar-refractivity contribution in [1.82, 2.24) is 4.98 Å². The maximum Gasteiger partial charge on any atom is 0.389 e. The minimum atomic E-state index is -4.15. The first-order chi connectivity index (χ1) is 7.44. The molecule has 0 aliphatic heterocycles. The zero-order valence-corrected chi connectivity index (χ0v) is 9.09. The smallest absolute Gasteiger partial charge is 0.323 e. The normalized spacial score (nSPS) is 13.8. The largest absolute Gasteiger partial charge is 0.389 e. The number of aryl methyl sites for hydroxylation is 1. The number of aromatic nitrogens is 1. The molecule has 1 heterocycles. The highest BCUT2D eigenvalue weighted by atomic mass is 19.4. The van der Waals surface area contributed by atoms with E-state index in [4.69, 9.17) is 5.73 Å². The Labute approximate surface area is 92.7 Å². The van der Waals surface area contributed by atoms with Gasteiger partial charge in [0.05, 0.1) is 5.69 Å². The van der Waals surface area contributed by atoms with Crippen LogP contribution < -0.4 is 5.73 Å². The van der Waals surface area contributed by atoms with Crippen molar-refractivity contribution in [1.29, 1.82) is 0 Å². The molecule has 0 spiro atoms. The second kappa shape index (κ2) is 5.30. The number of halogens is 3. The van der Waals surface area contributed by atoms with E-state index < -0.39 is 18.6 Å². The molecule has 0 saturated carbocycles. The van der Waals surface area contributed by atoms with Crippen LogP contribution in [0.25, 0.3) is 0 Å². The number of nitrogens with zero attached hydrogens (tertiary/aromatic N) is 1. The van der Waals surface area contributed by atoms with E-state index in [1.165, 1.54) is 0 Å². The third-order valence-corrected chi connectivity index (χ3v) is 2.40. The molecular weight excluding hydrogens is 217 g/mol. The van der Waals surface area contributed by atoms with Crippen molar-refractivity contribution in [2.24, 2.45) is 5.73 Å². The van der Waals surface area contributed by atoms with Crippen LogP contribution in [0, 0.1) is 0 Å². The second-order valence-electron chi connectivity index (χ2n) is 3.66. The third kappa shape index (κ3) is 3.81. The highest BCUT2D eigenvalue weighted by Crippen LogP contribution is 2.26. The van der Waals surface area contributed by atoms with Crippen molar-refractivity contribution in [2.45, 2.75) is 38.4 Å². The topological polar surface area (TPSA) is 38.9 Å². The summed E-state index contributed by atoms with van der Waals surface area (Å²) in [4.78, 5) is 4.06. The molecule has 0 saturated heterocycles. The Morgan fingerprint density at radius 2 is 2.12 bits per heavy atom. The standard InChI is InChI=1S/C11H15F3N2/c1-2-8-4-3-7-16-10(8)9(15)5-6-11(12,13)14/h3-4,7,9H,2,5-6,15H2,1H3. The minimum Gasteiger partial charge on any atom is -0.323 e. The molecule has 0 bridgehead atoms. The predicted molar refractivity (Wildman–Crippen MR) is 55.8 cm³/mol. The SMILES string of the molecule is CCc1cccnc1C(N)CCC(F)(F)F. The van der Waals surface area contributed by atoms with Crippen LogP contribution in [-0.4, -0.2) is 11.2 Å². The van der Waals surface area contributed by atoms with Gasteiger partial charge in [0.2, 0.25) is 0 Å². The number of hydrogen-bond acceptors (Lipinski definition) is 2. The average Bonchev–Trinajstić information content (AvgIpc) is 2.25. The second-order valence-corrected chi connectivity index (χ2v) is 3.66. The summed E-state index contributed by atoms with van der Waals surface area (Å²) in [6.45, 7) is 1.93.